The normalized spacial score (nSPS) is 10.8. The smallest absolute Gasteiger partial charge is 0.140 e. The zero-order valence-corrected chi connectivity index (χ0v) is 11.5. The Kier molecular flexibility index (Phi) is 4.52. The molecule has 0 unspecified atom stereocenters. The molecule has 0 spiro atoms. The van der Waals surface area contributed by atoms with Crippen molar-refractivity contribution in [1.29, 1.82) is 0 Å². The topological polar surface area (TPSA) is 64.3 Å². The fourth-order valence-corrected chi connectivity index (χ4v) is 2.05. The zero-order valence-electron chi connectivity index (χ0n) is 11.5. The van der Waals surface area contributed by atoms with Crippen LogP contribution in [0, 0.1) is 0 Å². The van der Waals surface area contributed by atoms with Crippen molar-refractivity contribution in [3.8, 4) is 0 Å². The Bertz CT molecular complexity index is 544. The molecule has 0 fully saturated rings. The number of nitrogen functional groups attached to an aromatic ring is 1. The van der Waals surface area contributed by atoms with Crippen LogP contribution in [0.1, 0.15) is 13.8 Å². The van der Waals surface area contributed by atoms with Gasteiger partial charge in [0, 0.05) is 30.8 Å². The first kappa shape index (κ1) is 13.5. The van der Waals surface area contributed by atoms with Gasteiger partial charge in [0.25, 0.3) is 0 Å². The van der Waals surface area contributed by atoms with Crippen molar-refractivity contribution in [2.24, 2.45) is 0 Å². The summed E-state index contributed by atoms with van der Waals surface area (Å²) in [5.41, 5.74) is 7.49. The zero-order chi connectivity index (χ0) is 13.7. The molecule has 0 aliphatic carbocycles. The van der Waals surface area contributed by atoms with Gasteiger partial charge in [0.05, 0.1) is 12.1 Å². The van der Waals surface area contributed by atoms with E-state index in [0.717, 1.165) is 42.1 Å². The van der Waals surface area contributed by atoms with E-state index in [1.807, 2.05) is 25.1 Å². The Labute approximate surface area is 113 Å². The molecule has 0 saturated carbocycles. The van der Waals surface area contributed by atoms with E-state index in [4.69, 9.17) is 10.5 Å². The van der Waals surface area contributed by atoms with Crippen LogP contribution in [0.4, 0.5) is 11.5 Å². The molecule has 0 aliphatic heterocycles. The van der Waals surface area contributed by atoms with Crippen LogP contribution >= 0.6 is 0 Å². The lowest BCUT2D eigenvalue weighted by Gasteiger charge is -2.23. The summed E-state index contributed by atoms with van der Waals surface area (Å²) in [7, 11) is 0. The van der Waals surface area contributed by atoms with Gasteiger partial charge in [-0.1, -0.05) is 0 Å². The molecular formula is C14H20N4O. The van der Waals surface area contributed by atoms with E-state index in [1.54, 1.807) is 6.33 Å². The molecule has 102 valence electrons. The summed E-state index contributed by atoms with van der Waals surface area (Å²) in [5, 5.41) is 0.987. The third kappa shape index (κ3) is 3.12. The van der Waals surface area contributed by atoms with Gasteiger partial charge in [-0.15, -0.1) is 0 Å². The molecule has 5 nitrogen and oxygen atoms in total. The molecule has 2 rings (SSSR count). The molecule has 1 aromatic heterocycles. The summed E-state index contributed by atoms with van der Waals surface area (Å²) in [6.45, 7) is 7.20. The van der Waals surface area contributed by atoms with E-state index in [0.29, 0.717) is 6.61 Å². The van der Waals surface area contributed by atoms with Gasteiger partial charge >= 0.3 is 0 Å². The van der Waals surface area contributed by atoms with Gasteiger partial charge in [-0.2, -0.15) is 0 Å². The highest BCUT2D eigenvalue weighted by Crippen LogP contribution is 2.24. The summed E-state index contributed by atoms with van der Waals surface area (Å²) >= 11 is 0. The molecule has 0 atom stereocenters. The van der Waals surface area contributed by atoms with Gasteiger partial charge in [-0.05, 0) is 32.0 Å². The number of hydrogen-bond donors (Lipinski definition) is 1. The summed E-state index contributed by atoms with van der Waals surface area (Å²) in [6.07, 6.45) is 1.59. The first-order valence-corrected chi connectivity index (χ1v) is 6.59. The van der Waals surface area contributed by atoms with Crippen LogP contribution in [-0.2, 0) is 4.74 Å². The molecule has 0 saturated heterocycles. The van der Waals surface area contributed by atoms with Crippen LogP contribution in [0.5, 0.6) is 0 Å². The van der Waals surface area contributed by atoms with Gasteiger partial charge in [0.2, 0.25) is 0 Å². The van der Waals surface area contributed by atoms with Crippen molar-refractivity contribution in [3.63, 3.8) is 0 Å². The van der Waals surface area contributed by atoms with Gasteiger partial charge in [0.1, 0.15) is 12.1 Å². The van der Waals surface area contributed by atoms with E-state index >= 15 is 0 Å². The lowest BCUT2D eigenvalue weighted by Crippen LogP contribution is -2.28. The Morgan fingerprint density at radius 2 is 2.11 bits per heavy atom. The first-order valence-electron chi connectivity index (χ1n) is 6.59. The van der Waals surface area contributed by atoms with Crippen molar-refractivity contribution >= 4 is 22.4 Å². The third-order valence-corrected chi connectivity index (χ3v) is 3.03. The molecule has 0 aliphatic rings. The molecule has 1 aromatic carbocycles. The monoisotopic (exact) mass is 260 g/mol. The summed E-state index contributed by atoms with van der Waals surface area (Å²) in [4.78, 5) is 10.9. The van der Waals surface area contributed by atoms with E-state index < -0.39 is 0 Å². The second kappa shape index (κ2) is 6.33. The molecule has 2 aromatic rings. The van der Waals surface area contributed by atoms with Crippen molar-refractivity contribution in [2.75, 3.05) is 36.9 Å². The molecule has 1 heterocycles. The number of ether oxygens (including phenoxy) is 1. The predicted octanol–water partition coefficient (Wildman–Crippen LogP) is 2.07. The lowest BCUT2D eigenvalue weighted by molar-refractivity contribution is 0.154. The number of nitrogens with zero attached hydrogens (tertiary/aromatic N) is 3. The number of anilines is 2. The number of nitrogens with two attached hydrogens (primary N) is 1. The summed E-state index contributed by atoms with van der Waals surface area (Å²) in [6, 6.07) is 5.70. The minimum Gasteiger partial charge on any atom is -0.399 e. The highest BCUT2D eigenvalue weighted by molar-refractivity contribution is 5.91. The van der Waals surface area contributed by atoms with E-state index in [1.165, 1.54) is 0 Å². The number of aromatic nitrogens is 2. The maximum atomic E-state index is 5.86. The largest absolute Gasteiger partial charge is 0.399 e. The average Bonchev–Trinajstić information content (AvgIpc) is 2.43. The molecule has 19 heavy (non-hydrogen) atoms. The van der Waals surface area contributed by atoms with E-state index in [-0.39, 0.29) is 0 Å². The number of fused-ring (bicyclic) bond motifs is 1. The SMILES string of the molecule is CCOCCN(CC)c1ncnc2ccc(N)cc12. The second-order valence-corrected chi connectivity index (χ2v) is 4.25. The fourth-order valence-electron chi connectivity index (χ4n) is 2.05. The quantitative estimate of drug-likeness (QED) is 0.636. The van der Waals surface area contributed by atoms with Crippen molar-refractivity contribution in [3.05, 3.63) is 24.5 Å². The number of likely N-dealkylation sites (N-methyl/N-ethyl adjacent to an activating group) is 1. The predicted molar refractivity (Wildman–Crippen MR) is 78.3 cm³/mol. The fraction of sp³-hybridized carbons (Fsp3) is 0.429. The number of hydrogen-bond acceptors (Lipinski definition) is 5. The minimum atomic E-state index is 0.693. The van der Waals surface area contributed by atoms with Crippen LogP contribution in [-0.4, -0.2) is 36.3 Å². The van der Waals surface area contributed by atoms with Gasteiger partial charge in [0.15, 0.2) is 0 Å². The molecule has 0 radical (unpaired) electrons. The maximum absolute atomic E-state index is 5.86. The van der Waals surface area contributed by atoms with Crippen LogP contribution < -0.4 is 10.6 Å². The Morgan fingerprint density at radius 1 is 1.26 bits per heavy atom. The molecule has 0 bridgehead atoms. The van der Waals surface area contributed by atoms with Crippen LogP contribution in [0.3, 0.4) is 0 Å². The van der Waals surface area contributed by atoms with Crippen LogP contribution in [0.15, 0.2) is 24.5 Å². The molecular weight excluding hydrogens is 240 g/mol. The molecule has 2 N–H and O–H groups in total. The van der Waals surface area contributed by atoms with E-state index in [2.05, 4.69) is 21.8 Å². The second-order valence-electron chi connectivity index (χ2n) is 4.25. The maximum Gasteiger partial charge on any atom is 0.140 e. The first-order chi connectivity index (χ1) is 9.26. The van der Waals surface area contributed by atoms with Gasteiger partial charge in [-0.25, -0.2) is 9.97 Å². The van der Waals surface area contributed by atoms with Crippen LogP contribution in [0.2, 0.25) is 0 Å². The standard InChI is InChI=1S/C14H20N4O/c1-3-18(7-8-19-4-2)14-12-9-11(15)5-6-13(12)16-10-17-14/h5-6,9-10H,3-4,7-8,15H2,1-2H3. The van der Waals surface area contributed by atoms with Crippen molar-refractivity contribution < 1.29 is 4.74 Å². The highest BCUT2D eigenvalue weighted by Gasteiger charge is 2.10. The highest BCUT2D eigenvalue weighted by atomic mass is 16.5. The average molecular weight is 260 g/mol. The van der Waals surface area contributed by atoms with Crippen LogP contribution in [0.25, 0.3) is 10.9 Å². The van der Waals surface area contributed by atoms with Crippen molar-refractivity contribution in [1.82, 2.24) is 9.97 Å². The summed E-state index contributed by atoms with van der Waals surface area (Å²) in [5.74, 6) is 0.916. The van der Waals surface area contributed by atoms with Gasteiger partial charge < -0.3 is 15.4 Å². The Balaban J connectivity index is 2.33. The summed E-state index contributed by atoms with van der Waals surface area (Å²) < 4.78 is 5.41. The van der Waals surface area contributed by atoms with Gasteiger partial charge in [-0.3, -0.25) is 0 Å². The third-order valence-electron chi connectivity index (χ3n) is 3.03. The van der Waals surface area contributed by atoms with E-state index in [9.17, 15) is 0 Å². The number of benzene rings is 1. The lowest BCUT2D eigenvalue weighted by atomic mass is 10.2. The Hall–Kier alpha value is -1.88. The molecule has 5 heteroatoms. The van der Waals surface area contributed by atoms with Crippen molar-refractivity contribution in [2.45, 2.75) is 13.8 Å². The molecule has 0 amide bonds. The number of rotatable bonds is 6. The minimum absolute atomic E-state index is 0.693. The Morgan fingerprint density at radius 3 is 2.84 bits per heavy atom.